The quantitative estimate of drug-likeness (QED) is 0.293. The topological polar surface area (TPSA) is 164 Å². The molecule has 0 aliphatic carbocycles. The Hall–Kier alpha value is -5.26. The molecule has 4 aromatic rings. The van der Waals surface area contributed by atoms with Crippen molar-refractivity contribution in [3.63, 3.8) is 0 Å². The Morgan fingerprint density at radius 1 is 1.05 bits per heavy atom. The predicted molar refractivity (Wildman–Crippen MR) is 131 cm³/mol. The number of methoxy groups -OCH3 is 1. The van der Waals surface area contributed by atoms with Crippen LogP contribution in [0.25, 0.3) is 11.0 Å². The van der Waals surface area contributed by atoms with Gasteiger partial charge in [0.15, 0.2) is 12.3 Å². The minimum Gasteiger partial charge on any atom is -0.482 e. The van der Waals surface area contributed by atoms with Gasteiger partial charge in [-0.05, 0) is 42.0 Å². The van der Waals surface area contributed by atoms with Crippen LogP contribution in [0.4, 0.5) is 11.4 Å². The Bertz CT molecular complexity index is 1550. The number of H-pyrrole nitrogens is 1. The second-order valence-corrected chi connectivity index (χ2v) is 8.02. The van der Waals surface area contributed by atoms with Crippen molar-refractivity contribution in [1.82, 2.24) is 20.3 Å². The van der Waals surface area contributed by atoms with Crippen molar-refractivity contribution < 1.29 is 28.7 Å². The van der Waals surface area contributed by atoms with Crippen molar-refractivity contribution in [2.24, 2.45) is 0 Å². The SMILES string of the molecule is COC(=O)c1ccc(C(=O)Nc2c[nH]c3c(C(=O)NCc4ccc5c(c4)NC(=O)CO5)ncnc23)cc1. The van der Waals surface area contributed by atoms with Gasteiger partial charge in [-0.2, -0.15) is 0 Å². The number of carbonyl (C=O) groups is 4. The highest BCUT2D eigenvalue weighted by Crippen LogP contribution is 2.28. The molecular formula is C25H20N6O6. The number of nitrogens with zero attached hydrogens (tertiary/aromatic N) is 2. The van der Waals surface area contributed by atoms with Crippen LogP contribution in [0.5, 0.6) is 5.75 Å². The molecule has 4 N–H and O–H groups in total. The fourth-order valence-electron chi connectivity index (χ4n) is 3.78. The Morgan fingerprint density at radius 3 is 2.62 bits per heavy atom. The van der Waals surface area contributed by atoms with Crippen LogP contribution < -0.4 is 20.7 Å². The van der Waals surface area contributed by atoms with E-state index in [1.54, 1.807) is 18.2 Å². The van der Waals surface area contributed by atoms with Gasteiger partial charge in [-0.15, -0.1) is 0 Å². The van der Waals surface area contributed by atoms with Crippen LogP contribution in [0.3, 0.4) is 0 Å². The van der Waals surface area contributed by atoms with E-state index in [2.05, 4.69) is 35.6 Å². The van der Waals surface area contributed by atoms with Crippen molar-refractivity contribution in [3.05, 3.63) is 77.4 Å². The molecule has 0 spiro atoms. The van der Waals surface area contributed by atoms with E-state index in [0.29, 0.717) is 39.3 Å². The maximum Gasteiger partial charge on any atom is 0.337 e. The molecular weight excluding hydrogens is 480 g/mol. The first-order chi connectivity index (χ1) is 17.9. The van der Waals surface area contributed by atoms with Gasteiger partial charge in [0.05, 0.1) is 29.6 Å². The molecule has 0 bridgehead atoms. The summed E-state index contributed by atoms with van der Waals surface area (Å²) in [6.45, 7) is 0.145. The number of carbonyl (C=O) groups excluding carboxylic acids is 4. The van der Waals surface area contributed by atoms with Gasteiger partial charge in [-0.25, -0.2) is 14.8 Å². The number of hydrogen-bond donors (Lipinski definition) is 4. The number of rotatable bonds is 6. The van der Waals surface area contributed by atoms with Crippen molar-refractivity contribution in [3.8, 4) is 5.75 Å². The molecule has 186 valence electrons. The molecule has 0 fully saturated rings. The molecule has 0 unspecified atom stereocenters. The van der Waals surface area contributed by atoms with Crippen LogP contribution in [-0.2, 0) is 16.1 Å². The highest BCUT2D eigenvalue weighted by Gasteiger charge is 2.19. The first kappa shape index (κ1) is 23.5. The van der Waals surface area contributed by atoms with Crippen LogP contribution in [0, 0.1) is 0 Å². The average Bonchev–Trinajstić information content (AvgIpc) is 3.33. The maximum absolute atomic E-state index is 12.9. The number of anilines is 2. The van der Waals surface area contributed by atoms with Gasteiger partial charge in [0.25, 0.3) is 17.7 Å². The summed E-state index contributed by atoms with van der Waals surface area (Å²) in [6, 6.07) is 11.2. The lowest BCUT2D eigenvalue weighted by atomic mass is 10.1. The highest BCUT2D eigenvalue weighted by atomic mass is 16.5. The van der Waals surface area contributed by atoms with E-state index < -0.39 is 17.8 Å². The molecule has 3 heterocycles. The number of esters is 1. The van der Waals surface area contributed by atoms with E-state index in [-0.39, 0.29) is 24.8 Å². The van der Waals surface area contributed by atoms with Crippen molar-refractivity contribution in [2.45, 2.75) is 6.54 Å². The normalized spacial score (nSPS) is 12.2. The second kappa shape index (κ2) is 9.77. The standard InChI is InChI=1S/C25H20N6O6/c1-36-25(35)15-5-3-14(4-6-15)23(33)31-17-10-26-21-20(17)28-12-29-22(21)24(34)27-9-13-2-7-18-16(8-13)30-19(32)11-37-18/h2-8,10,12,26H,9,11H2,1H3,(H,27,34)(H,30,32)(H,31,33). The van der Waals surface area contributed by atoms with Gasteiger partial charge in [-0.1, -0.05) is 6.07 Å². The smallest absolute Gasteiger partial charge is 0.337 e. The lowest BCUT2D eigenvalue weighted by Gasteiger charge is -2.18. The van der Waals surface area contributed by atoms with E-state index in [1.807, 2.05) is 0 Å². The average molecular weight is 500 g/mol. The molecule has 1 aliphatic heterocycles. The summed E-state index contributed by atoms with van der Waals surface area (Å²) in [5, 5.41) is 8.27. The van der Waals surface area contributed by atoms with Crippen LogP contribution in [0.2, 0.25) is 0 Å². The molecule has 2 aromatic heterocycles. The molecule has 0 saturated heterocycles. The van der Waals surface area contributed by atoms with Gasteiger partial charge >= 0.3 is 5.97 Å². The number of nitrogens with one attached hydrogen (secondary N) is 4. The third kappa shape index (κ3) is 4.80. The van der Waals surface area contributed by atoms with E-state index in [0.717, 1.165) is 5.56 Å². The van der Waals surface area contributed by atoms with Crippen LogP contribution in [0.1, 0.15) is 36.8 Å². The maximum atomic E-state index is 12.9. The van der Waals surface area contributed by atoms with E-state index >= 15 is 0 Å². The first-order valence-electron chi connectivity index (χ1n) is 11.1. The minimum atomic E-state index is -0.501. The summed E-state index contributed by atoms with van der Waals surface area (Å²) in [5.41, 5.74) is 3.10. The summed E-state index contributed by atoms with van der Waals surface area (Å²) in [4.78, 5) is 60.0. The fourth-order valence-corrected chi connectivity index (χ4v) is 3.78. The number of aromatic nitrogens is 3. The lowest BCUT2D eigenvalue weighted by molar-refractivity contribution is -0.118. The molecule has 5 rings (SSSR count). The molecule has 1 aliphatic rings. The monoisotopic (exact) mass is 500 g/mol. The van der Waals surface area contributed by atoms with Crippen LogP contribution >= 0.6 is 0 Å². The van der Waals surface area contributed by atoms with Crippen molar-refractivity contribution in [1.29, 1.82) is 0 Å². The molecule has 12 heteroatoms. The summed E-state index contributed by atoms with van der Waals surface area (Å²) >= 11 is 0. The zero-order chi connectivity index (χ0) is 25.9. The predicted octanol–water partition coefficient (Wildman–Crippen LogP) is 2.26. The Balaban J connectivity index is 1.29. The summed E-state index contributed by atoms with van der Waals surface area (Å²) in [5.74, 6) is -1.06. The van der Waals surface area contributed by atoms with Crippen LogP contribution in [0.15, 0.2) is 55.0 Å². The van der Waals surface area contributed by atoms with E-state index in [1.165, 1.54) is 43.9 Å². The summed E-state index contributed by atoms with van der Waals surface area (Å²) in [7, 11) is 1.28. The van der Waals surface area contributed by atoms with E-state index in [9.17, 15) is 19.2 Å². The number of ether oxygens (including phenoxy) is 2. The molecule has 0 atom stereocenters. The number of benzene rings is 2. The zero-order valence-electron chi connectivity index (χ0n) is 19.5. The third-order valence-electron chi connectivity index (χ3n) is 5.62. The number of aromatic amines is 1. The minimum absolute atomic E-state index is 0.0347. The van der Waals surface area contributed by atoms with Gasteiger partial charge in [0.2, 0.25) is 0 Å². The van der Waals surface area contributed by atoms with Gasteiger partial charge in [0, 0.05) is 18.3 Å². The molecule has 0 radical (unpaired) electrons. The van der Waals surface area contributed by atoms with Gasteiger partial charge in [0.1, 0.15) is 17.6 Å². The van der Waals surface area contributed by atoms with Crippen molar-refractivity contribution >= 4 is 46.1 Å². The highest BCUT2D eigenvalue weighted by molar-refractivity contribution is 6.11. The second-order valence-electron chi connectivity index (χ2n) is 8.02. The summed E-state index contributed by atoms with van der Waals surface area (Å²) < 4.78 is 10.0. The number of hydrogen-bond acceptors (Lipinski definition) is 8. The Labute approximate surface area is 209 Å². The number of amides is 3. The van der Waals surface area contributed by atoms with Crippen LogP contribution in [-0.4, -0.2) is 52.4 Å². The Morgan fingerprint density at radius 2 is 1.84 bits per heavy atom. The van der Waals surface area contributed by atoms with Gasteiger partial charge < -0.3 is 30.4 Å². The molecule has 0 saturated carbocycles. The lowest BCUT2D eigenvalue weighted by Crippen LogP contribution is -2.26. The fraction of sp³-hybridized carbons (Fsp3) is 0.120. The molecule has 12 nitrogen and oxygen atoms in total. The first-order valence-corrected chi connectivity index (χ1v) is 11.1. The molecule has 2 aromatic carbocycles. The summed E-state index contributed by atoms with van der Waals surface area (Å²) in [6.07, 6.45) is 2.75. The van der Waals surface area contributed by atoms with Crippen molar-refractivity contribution in [2.75, 3.05) is 24.4 Å². The largest absolute Gasteiger partial charge is 0.482 e. The molecule has 3 amide bonds. The van der Waals surface area contributed by atoms with E-state index in [4.69, 9.17) is 4.74 Å². The number of fused-ring (bicyclic) bond motifs is 2. The van der Waals surface area contributed by atoms with Gasteiger partial charge in [-0.3, -0.25) is 14.4 Å². The third-order valence-corrected chi connectivity index (χ3v) is 5.62. The molecule has 37 heavy (non-hydrogen) atoms. The Kier molecular flexibility index (Phi) is 6.20. The zero-order valence-corrected chi connectivity index (χ0v) is 19.5.